The average molecular weight is 839 g/mol. The maximum Gasteiger partial charge on any atom is 1.00 e. The molecule has 0 unspecified atom stereocenters. The zero-order valence-corrected chi connectivity index (χ0v) is 35.4. The van der Waals surface area contributed by atoms with E-state index in [1.165, 1.54) is 24.3 Å². The van der Waals surface area contributed by atoms with Gasteiger partial charge in [-0.15, -0.1) is 0 Å². The third-order valence-electron chi connectivity index (χ3n) is 6.92. The van der Waals surface area contributed by atoms with E-state index in [2.05, 4.69) is 65.5 Å². The smallest absolute Gasteiger partial charge is 0.744 e. The van der Waals surface area contributed by atoms with Crippen LogP contribution in [-0.4, -0.2) is 47.9 Å². The van der Waals surface area contributed by atoms with Gasteiger partial charge in [0.15, 0.2) is 5.58 Å². The number of nitrogens with one attached hydrogen (secondary N) is 4. The second kappa shape index (κ2) is 19.0. The Morgan fingerprint density at radius 1 is 0.618 bits per heavy atom. The van der Waals surface area contributed by atoms with Crippen molar-refractivity contribution in [1.82, 2.24) is 34.9 Å². The third-order valence-corrected chi connectivity index (χ3v) is 8.69. The number of benzene rings is 4. The molecule has 4 N–H and O–H groups in total. The van der Waals surface area contributed by atoms with E-state index < -0.39 is 10.1 Å². The molecule has 3 aromatic heterocycles. The Bertz CT molecular complexity index is 2530. The van der Waals surface area contributed by atoms with Gasteiger partial charge in [0, 0.05) is 39.3 Å². The van der Waals surface area contributed by atoms with Gasteiger partial charge >= 0.3 is 59.1 Å². The van der Waals surface area contributed by atoms with Crippen LogP contribution in [-0.2, 0) is 19.5 Å². The molecule has 55 heavy (non-hydrogen) atoms. The van der Waals surface area contributed by atoms with Crippen LogP contribution in [0.3, 0.4) is 0 Å². The molecule has 24 heteroatoms. The van der Waals surface area contributed by atoms with Crippen LogP contribution in [0.25, 0.3) is 22.6 Å². The first-order chi connectivity index (χ1) is 25.6. The standard InChI is InChI=1S/C31H21Cl2N11O7S2.2Na/c32-26-39-28(43-30(40-26)36-19-7-12-22(13-8-19)53(46,47)48)34-17-3-1-16(2-4-17)25-38-23-14-9-20(15-24(23)49-25)37-31-42-27(33)41-29(44-31)35-18-5-10-21(11-6-18)52-51-50-45;;/h1-15,45H,(H,46,47,48)(H2,34,36,39,40,43)(H2,35,37,41,42,44);;/q;2*+1/p-2. The molecule has 0 bridgehead atoms. The SMILES string of the molecule is O=S(=O)([O-])c1ccc(Nc2nc(Cl)nc(Nc3ccc(-c4nc5ccc(Nc6nc(Cl)nc(Nc7ccc(SOO[O-])cc7)n6)cc5o4)cc3)n2)cc1.[Na+].[Na+]. The molecular formula is C31H19Cl2N11Na2O7S2. The topological polar surface area (TPSA) is 250 Å². The molecule has 0 saturated carbocycles. The van der Waals surface area contributed by atoms with E-state index in [9.17, 15) is 18.2 Å². The predicted molar refractivity (Wildman–Crippen MR) is 191 cm³/mol. The molecule has 0 fully saturated rings. The Balaban J connectivity index is 0.00000290. The van der Waals surface area contributed by atoms with E-state index in [1.807, 2.05) is 0 Å². The van der Waals surface area contributed by atoms with Gasteiger partial charge in [-0.2, -0.15) is 34.2 Å². The van der Waals surface area contributed by atoms with E-state index in [-0.39, 0.29) is 98.4 Å². The molecule has 3 heterocycles. The largest absolute Gasteiger partial charge is 1.00 e. The zero-order valence-electron chi connectivity index (χ0n) is 28.2. The summed E-state index contributed by atoms with van der Waals surface area (Å²) in [6.45, 7) is 0. The molecule has 0 spiro atoms. The number of halogens is 2. The number of fused-ring (bicyclic) bond motifs is 1. The zero-order chi connectivity index (χ0) is 37.0. The molecule has 0 radical (unpaired) electrons. The first-order valence-electron chi connectivity index (χ1n) is 14.8. The molecule has 18 nitrogen and oxygen atoms in total. The molecule has 7 aromatic rings. The van der Waals surface area contributed by atoms with E-state index in [1.54, 1.807) is 66.7 Å². The summed E-state index contributed by atoms with van der Waals surface area (Å²) in [4.78, 5) is 30.0. The molecule has 0 aliphatic heterocycles. The summed E-state index contributed by atoms with van der Waals surface area (Å²) in [5.41, 5.74) is 4.10. The number of aromatic nitrogens is 7. The summed E-state index contributed by atoms with van der Waals surface area (Å²) in [7, 11) is -4.58. The Hall–Kier alpha value is -3.71. The quantitative estimate of drug-likeness (QED) is 0.0400. The minimum absolute atomic E-state index is 0. The summed E-state index contributed by atoms with van der Waals surface area (Å²) < 4.78 is 43.9. The van der Waals surface area contributed by atoms with Crippen molar-refractivity contribution < 1.29 is 91.1 Å². The van der Waals surface area contributed by atoms with Gasteiger partial charge in [-0.3, -0.25) is 5.04 Å². The summed E-state index contributed by atoms with van der Waals surface area (Å²) in [5, 5.41) is 25.3. The van der Waals surface area contributed by atoms with Crippen LogP contribution in [0.5, 0.6) is 0 Å². The van der Waals surface area contributed by atoms with Crippen molar-refractivity contribution >= 4 is 103 Å². The second-order valence-corrected chi connectivity index (χ2v) is 13.3. The summed E-state index contributed by atoms with van der Waals surface area (Å²) in [6.07, 6.45) is 0. The minimum atomic E-state index is -4.58. The molecule has 268 valence electrons. The normalized spacial score (nSPS) is 11.0. The number of hydrogen-bond donors (Lipinski definition) is 4. The minimum Gasteiger partial charge on any atom is -0.744 e. The molecular weight excluding hydrogens is 819 g/mol. The van der Waals surface area contributed by atoms with Crippen molar-refractivity contribution in [1.29, 1.82) is 0 Å². The van der Waals surface area contributed by atoms with Crippen LogP contribution in [0.15, 0.2) is 105 Å². The molecule has 0 aliphatic carbocycles. The average Bonchev–Trinajstić information content (AvgIpc) is 3.55. The Labute approximate surface area is 369 Å². The van der Waals surface area contributed by atoms with Gasteiger partial charge in [0.25, 0.3) is 0 Å². The van der Waals surface area contributed by atoms with E-state index >= 15 is 0 Å². The van der Waals surface area contributed by atoms with Gasteiger partial charge in [-0.25, -0.2) is 13.4 Å². The maximum atomic E-state index is 11.2. The Kier molecular flexibility index (Phi) is 14.6. The van der Waals surface area contributed by atoms with Gasteiger partial charge < -0.3 is 35.5 Å². The van der Waals surface area contributed by atoms with E-state index in [0.29, 0.717) is 50.2 Å². The monoisotopic (exact) mass is 837 g/mol. The van der Waals surface area contributed by atoms with Crippen LogP contribution in [0.4, 0.5) is 46.5 Å². The predicted octanol–water partition coefficient (Wildman–Crippen LogP) is 0.289. The Morgan fingerprint density at radius 2 is 1.07 bits per heavy atom. The van der Waals surface area contributed by atoms with Crippen LogP contribution >= 0.6 is 35.2 Å². The fraction of sp³-hybridized carbons (Fsp3) is 0. The van der Waals surface area contributed by atoms with Gasteiger partial charge in [0.1, 0.15) is 15.6 Å². The van der Waals surface area contributed by atoms with Crippen LogP contribution in [0.1, 0.15) is 0 Å². The van der Waals surface area contributed by atoms with Gasteiger partial charge in [0.05, 0.1) is 16.9 Å². The molecule has 4 aromatic carbocycles. The number of hydrogen-bond acceptors (Lipinski definition) is 19. The summed E-state index contributed by atoms with van der Waals surface area (Å²) >= 11 is 13.0. The number of oxazole rings is 1. The molecule has 0 atom stereocenters. The van der Waals surface area contributed by atoms with Gasteiger partial charge in [0.2, 0.25) is 40.3 Å². The van der Waals surface area contributed by atoms with E-state index in [0.717, 1.165) is 12.0 Å². The van der Waals surface area contributed by atoms with Crippen LogP contribution < -0.4 is 85.6 Å². The summed E-state index contributed by atoms with van der Waals surface area (Å²) in [5.74, 6) is 0.960. The summed E-state index contributed by atoms with van der Waals surface area (Å²) in [6, 6.07) is 24.4. The molecule has 0 aliphatic rings. The van der Waals surface area contributed by atoms with Crippen LogP contribution in [0, 0.1) is 0 Å². The molecule has 0 amide bonds. The fourth-order valence-corrected chi connectivity index (χ4v) is 5.76. The maximum absolute atomic E-state index is 11.2. The number of rotatable bonds is 13. The second-order valence-electron chi connectivity index (χ2n) is 10.5. The molecule has 0 saturated heterocycles. The number of nitrogens with zero attached hydrogens (tertiary/aromatic N) is 7. The van der Waals surface area contributed by atoms with Gasteiger partial charge in [-0.1, -0.05) is 0 Å². The fourth-order valence-electron chi connectivity index (χ4n) is 4.61. The van der Waals surface area contributed by atoms with Crippen LogP contribution in [0.2, 0.25) is 10.6 Å². The first-order valence-corrected chi connectivity index (χ1v) is 17.7. The van der Waals surface area contributed by atoms with Crippen molar-refractivity contribution in [2.75, 3.05) is 21.3 Å². The van der Waals surface area contributed by atoms with E-state index in [4.69, 9.17) is 27.6 Å². The van der Waals surface area contributed by atoms with Crippen molar-refractivity contribution in [3.05, 3.63) is 102 Å². The van der Waals surface area contributed by atoms with Crippen molar-refractivity contribution in [2.24, 2.45) is 0 Å². The number of anilines is 8. The van der Waals surface area contributed by atoms with Gasteiger partial charge in [-0.05, 0) is 108 Å². The Morgan fingerprint density at radius 3 is 1.56 bits per heavy atom. The van der Waals surface area contributed by atoms with Crippen molar-refractivity contribution in [3.63, 3.8) is 0 Å². The first kappa shape index (κ1) is 42.4. The van der Waals surface area contributed by atoms with Crippen molar-refractivity contribution in [2.45, 2.75) is 9.79 Å². The third kappa shape index (κ3) is 11.4. The molecule has 7 rings (SSSR count). The van der Waals surface area contributed by atoms with Crippen molar-refractivity contribution in [3.8, 4) is 11.5 Å².